The molecule has 1 amide bonds. The number of aliphatic hydroxyl groups is 1. The summed E-state index contributed by atoms with van der Waals surface area (Å²) in [4.78, 5) is 25.4. The molecule has 0 aliphatic carbocycles. The topological polar surface area (TPSA) is 81.6 Å². The monoisotopic (exact) mass is 435 g/mol. The van der Waals surface area contributed by atoms with Crippen molar-refractivity contribution in [3.63, 3.8) is 0 Å². The molecule has 0 radical (unpaired) electrons. The minimum absolute atomic E-state index is 0.0260. The number of nitrogens with one attached hydrogen (secondary N) is 1. The maximum atomic E-state index is 12.9. The third kappa shape index (κ3) is 4.42. The summed E-state index contributed by atoms with van der Waals surface area (Å²) in [5, 5.41) is 13.6. The number of anilines is 3. The van der Waals surface area contributed by atoms with Gasteiger partial charge in [0.25, 0.3) is 0 Å². The maximum absolute atomic E-state index is 12.9. The molecule has 9 heteroatoms. The minimum Gasteiger partial charge on any atom is -0.396 e. The second kappa shape index (κ2) is 8.73. The third-order valence-corrected chi connectivity index (χ3v) is 6.24. The Morgan fingerprint density at radius 1 is 1.14 bits per heavy atom. The average Bonchev–Trinajstić information content (AvgIpc) is 3.10. The Labute approximate surface area is 179 Å². The second-order valence-corrected chi connectivity index (χ2v) is 8.29. The van der Waals surface area contributed by atoms with Crippen LogP contribution in [0.1, 0.15) is 19.3 Å². The van der Waals surface area contributed by atoms with Crippen LogP contribution in [0.2, 0.25) is 10.0 Å². The molecule has 1 aromatic heterocycles. The van der Waals surface area contributed by atoms with Gasteiger partial charge in [0.05, 0.1) is 10.0 Å². The molecular weight excluding hydrogens is 413 g/mol. The van der Waals surface area contributed by atoms with Gasteiger partial charge < -0.3 is 20.2 Å². The number of carbonyl (C=O) groups is 1. The van der Waals surface area contributed by atoms with Crippen molar-refractivity contribution in [1.29, 1.82) is 0 Å². The zero-order chi connectivity index (χ0) is 20.4. The zero-order valence-corrected chi connectivity index (χ0v) is 17.4. The summed E-state index contributed by atoms with van der Waals surface area (Å²) in [7, 11) is 0. The van der Waals surface area contributed by atoms with E-state index < -0.39 is 0 Å². The molecular formula is C20H23Cl2N5O2. The largest absolute Gasteiger partial charge is 0.396 e. The summed E-state index contributed by atoms with van der Waals surface area (Å²) < 4.78 is 0. The lowest BCUT2D eigenvalue weighted by atomic mass is 9.99. The lowest BCUT2D eigenvalue weighted by Crippen LogP contribution is -2.37. The van der Waals surface area contributed by atoms with Gasteiger partial charge in [0, 0.05) is 38.0 Å². The molecule has 0 bridgehead atoms. The van der Waals surface area contributed by atoms with Crippen LogP contribution in [0.15, 0.2) is 30.6 Å². The molecule has 2 aliphatic heterocycles. The predicted octanol–water partition coefficient (Wildman–Crippen LogP) is 3.21. The van der Waals surface area contributed by atoms with E-state index >= 15 is 0 Å². The van der Waals surface area contributed by atoms with Crippen LogP contribution in [-0.4, -0.2) is 53.3 Å². The van der Waals surface area contributed by atoms with Gasteiger partial charge in [-0.2, -0.15) is 0 Å². The lowest BCUT2D eigenvalue weighted by Gasteiger charge is -2.32. The van der Waals surface area contributed by atoms with E-state index in [-0.39, 0.29) is 24.5 Å². The minimum atomic E-state index is -0.362. The fourth-order valence-electron chi connectivity index (χ4n) is 3.92. The SMILES string of the molecule is O=C1C(Nc2cc(N3CCCC(CO)C3)ncn2)CCN1c1ccc(Cl)c(Cl)c1. The Bertz CT molecular complexity index is 897. The van der Waals surface area contributed by atoms with Gasteiger partial charge in [-0.1, -0.05) is 23.2 Å². The molecule has 3 heterocycles. The summed E-state index contributed by atoms with van der Waals surface area (Å²) in [6, 6.07) is 6.71. The van der Waals surface area contributed by atoms with E-state index in [2.05, 4.69) is 20.2 Å². The van der Waals surface area contributed by atoms with Crippen LogP contribution >= 0.6 is 23.2 Å². The van der Waals surface area contributed by atoms with Crippen LogP contribution in [-0.2, 0) is 4.79 Å². The molecule has 2 aliphatic rings. The van der Waals surface area contributed by atoms with E-state index in [1.165, 1.54) is 6.33 Å². The molecule has 29 heavy (non-hydrogen) atoms. The number of rotatable bonds is 5. The molecule has 2 unspecified atom stereocenters. The number of aliphatic hydroxyl groups excluding tert-OH is 1. The highest BCUT2D eigenvalue weighted by Crippen LogP contribution is 2.30. The smallest absolute Gasteiger partial charge is 0.249 e. The number of nitrogens with zero attached hydrogens (tertiary/aromatic N) is 4. The van der Waals surface area contributed by atoms with Gasteiger partial charge in [0.1, 0.15) is 24.0 Å². The number of piperidine rings is 1. The summed E-state index contributed by atoms with van der Waals surface area (Å²) in [5.41, 5.74) is 0.737. The molecule has 7 nitrogen and oxygen atoms in total. The zero-order valence-electron chi connectivity index (χ0n) is 15.9. The van der Waals surface area contributed by atoms with Crippen LogP contribution < -0.4 is 15.1 Å². The number of hydrogen-bond acceptors (Lipinski definition) is 6. The maximum Gasteiger partial charge on any atom is 0.249 e. The van der Waals surface area contributed by atoms with Gasteiger partial charge in [-0.3, -0.25) is 4.79 Å². The number of hydrogen-bond donors (Lipinski definition) is 2. The Hall–Kier alpha value is -2.09. The molecule has 2 aromatic rings. The molecule has 154 valence electrons. The summed E-state index contributed by atoms with van der Waals surface area (Å²) in [5.74, 6) is 1.68. The van der Waals surface area contributed by atoms with E-state index in [1.807, 2.05) is 6.07 Å². The van der Waals surface area contributed by atoms with E-state index in [9.17, 15) is 9.90 Å². The predicted molar refractivity (Wildman–Crippen MR) is 115 cm³/mol. The van der Waals surface area contributed by atoms with Crippen LogP contribution in [0.4, 0.5) is 17.3 Å². The number of benzene rings is 1. The molecule has 0 saturated carbocycles. The van der Waals surface area contributed by atoms with Crippen molar-refractivity contribution >= 4 is 46.4 Å². The van der Waals surface area contributed by atoms with Crippen molar-refractivity contribution in [2.75, 3.05) is 41.4 Å². The molecule has 2 saturated heterocycles. The third-order valence-electron chi connectivity index (χ3n) is 5.50. The molecule has 2 N–H and O–H groups in total. The first-order chi connectivity index (χ1) is 14.0. The molecule has 1 aromatic carbocycles. The number of carbonyl (C=O) groups excluding carboxylic acids is 1. The first kappa shape index (κ1) is 20.2. The van der Waals surface area contributed by atoms with E-state index in [0.29, 0.717) is 28.8 Å². The van der Waals surface area contributed by atoms with Crippen molar-refractivity contribution in [3.8, 4) is 0 Å². The first-order valence-corrected chi connectivity index (χ1v) is 10.5. The van der Waals surface area contributed by atoms with Gasteiger partial charge in [0.15, 0.2) is 0 Å². The van der Waals surface area contributed by atoms with Gasteiger partial charge in [-0.05, 0) is 43.4 Å². The Kier molecular flexibility index (Phi) is 6.08. The Morgan fingerprint density at radius 3 is 2.79 bits per heavy atom. The van der Waals surface area contributed by atoms with Gasteiger partial charge in [-0.25, -0.2) is 9.97 Å². The first-order valence-electron chi connectivity index (χ1n) is 9.76. The van der Waals surface area contributed by atoms with Crippen LogP contribution in [0, 0.1) is 5.92 Å². The van der Waals surface area contributed by atoms with Crippen LogP contribution in [0.5, 0.6) is 0 Å². The highest BCUT2D eigenvalue weighted by Gasteiger charge is 2.33. The van der Waals surface area contributed by atoms with E-state index in [4.69, 9.17) is 23.2 Å². The average molecular weight is 436 g/mol. The number of aromatic nitrogens is 2. The lowest BCUT2D eigenvalue weighted by molar-refractivity contribution is -0.117. The molecule has 2 fully saturated rings. The fourth-order valence-corrected chi connectivity index (χ4v) is 4.22. The summed E-state index contributed by atoms with van der Waals surface area (Å²) in [6.07, 6.45) is 4.23. The van der Waals surface area contributed by atoms with E-state index in [1.54, 1.807) is 23.1 Å². The van der Waals surface area contributed by atoms with Crippen LogP contribution in [0.3, 0.4) is 0 Å². The van der Waals surface area contributed by atoms with E-state index in [0.717, 1.165) is 37.4 Å². The molecule has 0 spiro atoms. The summed E-state index contributed by atoms with van der Waals surface area (Å²) in [6.45, 7) is 2.46. The highest BCUT2D eigenvalue weighted by atomic mass is 35.5. The van der Waals surface area contributed by atoms with Crippen molar-refractivity contribution in [2.45, 2.75) is 25.3 Å². The molecule has 4 rings (SSSR count). The number of halogens is 2. The van der Waals surface area contributed by atoms with Crippen molar-refractivity contribution < 1.29 is 9.90 Å². The van der Waals surface area contributed by atoms with Gasteiger partial charge in [0.2, 0.25) is 5.91 Å². The summed E-state index contributed by atoms with van der Waals surface area (Å²) >= 11 is 12.1. The normalized spacial score (nSPS) is 22.2. The second-order valence-electron chi connectivity index (χ2n) is 7.47. The van der Waals surface area contributed by atoms with Crippen molar-refractivity contribution in [2.24, 2.45) is 5.92 Å². The van der Waals surface area contributed by atoms with Gasteiger partial charge in [-0.15, -0.1) is 0 Å². The Morgan fingerprint density at radius 2 is 2.00 bits per heavy atom. The number of amides is 1. The van der Waals surface area contributed by atoms with Crippen molar-refractivity contribution in [1.82, 2.24) is 9.97 Å². The standard InChI is InChI=1S/C20H23Cl2N5O2/c21-15-4-3-14(8-16(15)22)27-7-5-17(20(27)29)25-18-9-19(24-12-23-18)26-6-1-2-13(10-26)11-28/h3-4,8-9,12-13,17,28H,1-2,5-7,10-11H2,(H,23,24,25). The van der Waals surface area contributed by atoms with Crippen molar-refractivity contribution in [3.05, 3.63) is 40.6 Å². The quantitative estimate of drug-likeness (QED) is 0.749. The Balaban J connectivity index is 1.44. The molecule has 2 atom stereocenters. The van der Waals surface area contributed by atoms with Gasteiger partial charge >= 0.3 is 0 Å². The fraction of sp³-hybridized carbons (Fsp3) is 0.450. The highest BCUT2D eigenvalue weighted by molar-refractivity contribution is 6.42. The van der Waals surface area contributed by atoms with Crippen LogP contribution in [0.25, 0.3) is 0 Å².